The van der Waals surface area contributed by atoms with Crippen LogP contribution in [0.4, 0.5) is 5.82 Å². The Morgan fingerprint density at radius 3 is 2.65 bits per heavy atom. The summed E-state index contributed by atoms with van der Waals surface area (Å²) < 4.78 is 1.77. The van der Waals surface area contributed by atoms with Crippen molar-refractivity contribution in [3.63, 3.8) is 0 Å². The molecule has 2 rings (SSSR count). The fourth-order valence-corrected chi connectivity index (χ4v) is 2.01. The van der Waals surface area contributed by atoms with E-state index in [0.29, 0.717) is 18.7 Å². The fourth-order valence-electron chi connectivity index (χ4n) is 2.01. The number of anilines is 1. The van der Waals surface area contributed by atoms with Crippen LogP contribution in [0.1, 0.15) is 12.8 Å². The third-order valence-corrected chi connectivity index (χ3v) is 3.50. The van der Waals surface area contributed by atoms with Gasteiger partial charge in [0.05, 0.1) is 6.54 Å². The van der Waals surface area contributed by atoms with Crippen molar-refractivity contribution in [3.8, 4) is 0 Å². The average Bonchev–Trinajstić information content (AvgIpc) is 3.12. The van der Waals surface area contributed by atoms with E-state index in [1.807, 2.05) is 20.3 Å². The molecule has 110 valence electrons. The second kappa shape index (κ2) is 5.62. The van der Waals surface area contributed by atoms with Crippen LogP contribution in [0.2, 0.25) is 0 Å². The van der Waals surface area contributed by atoms with Crippen molar-refractivity contribution in [2.45, 2.75) is 19.4 Å². The number of nitrogens with zero attached hydrogens (tertiary/aromatic N) is 3. The number of aromatic nitrogens is 2. The standard InChI is InChI=1S/C13H21N5O2/c1-14-11(19)13(5-6-13)12(20)15-10-4-7-18(16-10)9-8-17(2)3/h4,7H,5-6,8-9H2,1-3H3,(H,14,19)(H,15,16,20). The first-order valence-electron chi connectivity index (χ1n) is 6.70. The van der Waals surface area contributed by atoms with Gasteiger partial charge in [-0.3, -0.25) is 14.3 Å². The summed E-state index contributed by atoms with van der Waals surface area (Å²) in [6.07, 6.45) is 3.01. The van der Waals surface area contributed by atoms with E-state index in [2.05, 4.69) is 20.6 Å². The van der Waals surface area contributed by atoms with E-state index in [0.717, 1.165) is 13.1 Å². The first-order valence-corrected chi connectivity index (χ1v) is 6.70. The number of amides is 2. The Bertz CT molecular complexity index is 505. The topological polar surface area (TPSA) is 79.3 Å². The molecule has 1 aromatic rings. The molecule has 1 saturated carbocycles. The normalized spacial score (nSPS) is 16.0. The highest BCUT2D eigenvalue weighted by Crippen LogP contribution is 2.46. The van der Waals surface area contributed by atoms with Crippen molar-refractivity contribution in [1.29, 1.82) is 0 Å². The molecule has 7 nitrogen and oxygen atoms in total. The van der Waals surface area contributed by atoms with Gasteiger partial charge in [-0.05, 0) is 26.9 Å². The van der Waals surface area contributed by atoms with Crippen LogP contribution in [0.15, 0.2) is 12.3 Å². The lowest BCUT2D eigenvalue weighted by Crippen LogP contribution is -2.38. The molecule has 2 amide bonds. The van der Waals surface area contributed by atoms with Crippen molar-refractivity contribution in [2.24, 2.45) is 5.41 Å². The highest BCUT2D eigenvalue weighted by Gasteiger charge is 2.56. The van der Waals surface area contributed by atoms with E-state index < -0.39 is 5.41 Å². The molecule has 0 spiro atoms. The van der Waals surface area contributed by atoms with Gasteiger partial charge in [0.25, 0.3) is 0 Å². The Hall–Kier alpha value is -1.89. The molecule has 20 heavy (non-hydrogen) atoms. The molecule has 1 fully saturated rings. The van der Waals surface area contributed by atoms with Gasteiger partial charge in [-0.15, -0.1) is 0 Å². The number of hydrogen-bond acceptors (Lipinski definition) is 4. The number of likely N-dealkylation sites (N-methyl/N-ethyl adjacent to an activating group) is 1. The summed E-state index contributed by atoms with van der Waals surface area (Å²) in [6, 6.07) is 1.74. The van der Waals surface area contributed by atoms with E-state index in [4.69, 9.17) is 0 Å². The van der Waals surface area contributed by atoms with Crippen molar-refractivity contribution >= 4 is 17.6 Å². The van der Waals surface area contributed by atoms with E-state index >= 15 is 0 Å². The van der Waals surface area contributed by atoms with Gasteiger partial charge in [0.2, 0.25) is 11.8 Å². The van der Waals surface area contributed by atoms with Crippen LogP contribution in [0.5, 0.6) is 0 Å². The summed E-state index contributed by atoms with van der Waals surface area (Å²) in [5.74, 6) is 0.000634. The van der Waals surface area contributed by atoms with Crippen molar-refractivity contribution in [2.75, 3.05) is 33.0 Å². The lowest BCUT2D eigenvalue weighted by molar-refractivity contribution is -0.134. The average molecular weight is 279 g/mol. The maximum atomic E-state index is 12.1. The maximum Gasteiger partial charge on any atom is 0.241 e. The number of carbonyl (C=O) groups excluding carboxylic acids is 2. The lowest BCUT2D eigenvalue weighted by atomic mass is 10.1. The molecule has 1 aliphatic carbocycles. The highest BCUT2D eigenvalue weighted by atomic mass is 16.2. The van der Waals surface area contributed by atoms with Crippen molar-refractivity contribution in [1.82, 2.24) is 20.0 Å². The van der Waals surface area contributed by atoms with Crippen LogP contribution >= 0.6 is 0 Å². The molecule has 0 unspecified atom stereocenters. The molecule has 7 heteroatoms. The Kier molecular flexibility index (Phi) is 4.08. The lowest BCUT2D eigenvalue weighted by Gasteiger charge is -2.12. The van der Waals surface area contributed by atoms with E-state index in [9.17, 15) is 9.59 Å². The minimum absolute atomic E-state index is 0.220. The van der Waals surface area contributed by atoms with Crippen LogP contribution in [0.3, 0.4) is 0 Å². The number of carbonyl (C=O) groups is 2. The molecule has 0 radical (unpaired) electrons. The molecular formula is C13H21N5O2. The zero-order valence-corrected chi connectivity index (χ0v) is 12.1. The van der Waals surface area contributed by atoms with Crippen LogP contribution in [0, 0.1) is 5.41 Å². The molecular weight excluding hydrogens is 258 g/mol. The van der Waals surface area contributed by atoms with Gasteiger partial charge in [0, 0.05) is 25.9 Å². The monoisotopic (exact) mass is 279 g/mol. The largest absolute Gasteiger partial charge is 0.358 e. The van der Waals surface area contributed by atoms with Gasteiger partial charge in [-0.1, -0.05) is 0 Å². The summed E-state index contributed by atoms with van der Waals surface area (Å²) in [7, 11) is 5.53. The third kappa shape index (κ3) is 2.98. The van der Waals surface area contributed by atoms with Gasteiger partial charge in [-0.25, -0.2) is 0 Å². The second-order valence-electron chi connectivity index (χ2n) is 5.38. The quantitative estimate of drug-likeness (QED) is 0.713. The van der Waals surface area contributed by atoms with Crippen LogP contribution in [-0.4, -0.2) is 54.2 Å². The molecule has 0 saturated heterocycles. The molecule has 0 bridgehead atoms. The molecule has 1 aromatic heterocycles. The smallest absolute Gasteiger partial charge is 0.241 e. The minimum Gasteiger partial charge on any atom is -0.358 e. The Balaban J connectivity index is 1.94. The molecule has 1 aliphatic rings. The van der Waals surface area contributed by atoms with Gasteiger partial charge >= 0.3 is 0 Å². The summed E-state index contributed by atoms with van der Waals surface area (Å²) in [6.45, 7) is 1.63. The third-order valence-electron chi connectivity index (χ3n) is 3.50. The first-order chi connectivity index (χ1) is 9.48. The maximum absolute atomic E-state index is 12.1. The molecule has 0 atom stereocenters. The van der Waals surface area contributed by atoms with Crippen molar-refractivity contribution in [3.05, 3.63) is 12.3 Å². The second-order valence-corrected chi connectivity index (χ2v) is 5.38. The van der Waals surface area contributed by atoms with Gasteiger partial charge in [0.15, 0.2) is 5.82 Å². The highest BCUT2D eigenvalue weighted by molar-refractivity contribution is 6.12. The molecule has 0 aliphatic heterocycles. The van der Waals surface area contributed by atoms with Gasteiger partial charge in [0.1, 0.15) is 5.41 Å². The van der Waals surface area contributed by atoms with E-state index in [-0.39, 0.29) is 11.8 Å². The van der Waals surface area contributed by atoms with Crippen LogP contribution < -0.4 is 10.6 Å². The number of hydrogen-bond donors (Lipinski definition) is 2. The minimum atomic E-state index is -0.887. The van der Waals surface area contributed by atoms with Gasteiger partial charge in [-0.2, -0.15) is 5.10 Å². The van der Waals surface area contributed by atoms with E-state index in [1.54, 1.807) is 17.8 Å². The zero-order valence-electron chi connectivity index (χ0n) is 12.1. The van der Waals surface area contributed by atoms with Crippen LogP contribution in [0.25, 0.3) is 0 Å². The Labute approximate surface area is 118 Å². The number of rotatable bonds is 6. The predicted molar refractivity (Wildman–Crippen MR) is 75.1 cm³/mol. The van der Waals surface area contributed by atoms with Gasteiger partial charge < -0.3 is 15.5 Å². The first kappa shape index (κ1) is 14.5. The van der Waals surface area contributed by atoms with Crippen molar-refractivity contribution < 1.29 is 9.59 Å². The number of nitrogens with one attached hydrogen (secondary N) is 2. The van der Waals surface area contributed by atoms with E-state index in [1.165, 1.54) is 0 Å². The Morgan fingerprint density at radius 2 is 2.10 bits per heavy atom. The SMILES string of the molecule is CNC(=O)C1(C(=O)Nc2ccn(CCN(C)C)n2)CC1. The summed E-state index contributed by atoms with van der Waals surface area (Å²) in [5.41, 5.74) is -0.887. The summed E-state index contributed by atoms with van der Waals surface area (Å²) in [4.78, 5) is 25.9. The van der Waals surface area contributed by atoms with Crippen LogP contribution in [-0.2, 0) is 16.1 Å². The fraction of sp³-hybridized carbons (Fsp3) is 0.615. The zero-order chi connectivity index (χ0) is 14.8. The summed E-state index contributed by atoms with van der Waals surface area (Å²) in [5, 5.41) is 9.54. The molecule has 0 aromatic carbocycles. The molecule has 2 N–H and O–H groups in total. The Morgan fingerprint density at radius 1 is 1.40 bits per heavy atom. The predicted octanol–water partition coefficient (Wildman–Crippen LogP) is -0.0906. The summed E-state index contributed by atoms with van der Waals surface area (Å²) >= 11 is 0. The molecule has 1 heterocycles.